The zero-order valence-electron chi connectivity index (χ0n) is 14.7. The molecule has 0 aromatic carbocycles. The summed E-state index contributed by atoms with van der Waals surface area (Å²) in [5, 5.41) is 3.35. The standard InChI is InChI=1S/C15H31N3OS.HI/c1-13(2,3)20(19)10-9-17-12(16-8)18-11-14(4,5)15(18,6)7;/h9-11H2,1-8H3,(H,16,17);1H. The molecular weight excluding hydrogens is 397 g/mol. The number of nitrogens with one attached hydrogen (secondary N) is 1. The number of hydrogen-bond acceptors (Lipinski definition) is 2. The molecule has 0 saturated carbocycles. The number of likely N-dealkylation sites (tertiary alicyclic amines) is 1. The maximum atomic E-state index is 12.0. The van der Waals surface area contributed by atoms with E-state index >= 15 is 0 Å². The van der Waals surface area contributed by atoms with E-state index in [1.54, 1.807) is 0 Å². The lowest BCUT2D eigenvalue weighted by atomic mass is 9.65. The summed E-state index contributed by atoms with van der Waals surface area (Å²) in [4.78, 5) is 6.66. The Labute approximate surface area is 150 Å². The maximum Gasteiger partial charge on any atom is 0.194 e. The summed E-state index contributed by atoms with van der Waals surface area (Å²) in [7, 11) is 0.987. The summed E-state index contributed by atoms with van der Waals surface area (Å²) < 4.78 is 11.9. The first-order valence-corrected chi connectivity index (χ1v) is 8.62. The van der Waals surface area contributed by atoms with Crippen molar-refractivity contribution in [1.82, 2.24) is 10.2 Å². The fourth-order valence-electron chi connectivity index (χ4n) is 2.26. The minimum atomic E-state index is -0.823. The highest BCUT2D eigenvalue weighted by Crippen LogP contribution is 2.46. The van der Waals surface area contributed by atoms with Crippen molar-refractivity contribution in [2.75, 3.05) is 25.9 Å². The average Bonchev–Trinajstić information content (AvgIpc) is 2.31. The minimum absolute atomic E-state index is 0. The molecule has 0 aromatic heterocycles. The second-order valence-corrected chi connectivity index (χ2v) is 9.99. The Bertz CT molecular complexity index is 414. The van der Waals surface area contributed by atoms with Crippen molar-refractivity contribution in [1.29, 1.82) is 0 Å². The van der Waals surface area contributed by atoms with Crippen molar-refractivity contribution in [3.8, 4) is 0 Å². The molecule has 6 heteroatoms. The van der Waals surface area contributed by atoms with E-state index in [2.05, 4.69) is 42.9 Å². The molecule has 1 aliphatic heterocycles. The molecule has 1 aliphatic rings. The van der Waals surface area contributed by atoms with Gasteiger partial charge in [0.25, 0.3) is 0 Å². The third-order valence-corrected chi connectivity index (χ3v) is 6.55. The fraction of sp³-hybridized carbons (Fsp3) is 0.933. The Balaban J connectivity index is 0.00000400. The number of rotatable bonds is 3. The van der Waals surface area contributed by atoms with Gasteiger partial charge in [0.1, 0.15) is 0 Å². The van der Waals surface area contributed by atoms with E-state index in [-0.39, 0.29) is 34.3 Å². The summed E-state index contributed by atoms with van der Waals surface area (Å²) in [6, 6.07) is 0. The van der Waals surface area contributed by atoms with Gasteiger partial charge in [0.05, 0.1) is 0 Å². The van der Waals surface area contributed by atoms with Crippen molar-refractivity contribution < 1.29 is 4.21 Å². The molecule has 1 unspecified atom stereocenters. The minimum Gasteiger partial charge on any atom is -0.355 e. The largest absolute Gasteiger partial charge is 0.355 e. The van der Waals surface area contributed by atoms with Crippen LogP contribution in [0.2, 0.25) is 0 Å². The van der Waals surface area contributed by atoms with E-state index in [4.69, 9.17) is 0 Å². The van der Waals surface area contributed by atoms with Crippen LogP contribution in [0.15, 0.2) is 4.99 Å². The molecule has 1 fully saturated rings. The van der Waals surface area contributed by atoms with Gasteiger partial charge in [-0.3, -0.25) is 9.20 Å². The monoisotopic (exact) mass is 429 g/mol. The first-order valence-electron chi connectivity index (χ1n) is 7.30. The average molecular weight is 429 g/mol. The van der Waals surface area contributed by atoms with Crippen LogP contribution in [0, 0.1) is 5.41 Å². The number of hydrogen-bond donors (Lipinski definition) is 1. The molecular formula is C15H32IN3OS. The van der Waals surface area contributed by atoms with Gasteiger partial charge in [-0.05, 0) is 34.6 Å². The van der Waals surface area contributed by atoms with Gasteiger partial charge in [-0.1, -0.05) is 13.8 Å². The number of aliphatic imine (C=N–C) groups is 1. The van der Waals surface area contributed by atoms with E-state index in [1.807, 2.05) is 27.8 Å². The lowest BCUT2D eigenvalue weighted by molar-refractivity contribution is -0.0666. The van der Waals surface area contributed by atoms with Crippen molar-refractivity contribution >= 4 is 40.7 Å². The van der Waals surface area contributed by atoms with Gasteiger partial charge in [-0.15, -0.1) is 24.0 Å². The highest BCUT2D eigenvalue weighted by atomic mass is 127. The highest BCUT2D eigenvalue weighted by molar-refractivity contribution is 14.0. The van der Waals surface area contributed by atoms with Crippen molar-refractivity contribution in [2.24, 2.45) is 10.4 Å². The van der Waals surface area contributed by atoms with Crippen LogP contribution in [0.1, 0.15) is 48.5 Å². The summed E-state index contributed by atoms with van der Waals surface area (Å²) in [6.45, 7) is 16.8. The van der Waals surface area contributed by atoms with Crippen molar-refractivity contribution in [3.63, 3.8) is 0 Å². The van der Waals surface area contributed by atoms with Gasteiger partial charge in [-0.2, -0.15) is 0 Å². The van der Waals surface area contributed by atoms with Crippen LogP contribution in [0.3, 0.4) is 0 Å². The molecule has 4 nitrogen and oxygen atoms in total. The van der Waals surface area contributed by atoms with E-state index < -0.39 is 10.8 Å². The number of halogens is 1. The highest BCUT2D eigenvalue weighted by Gasteiger charge is 2.53. The molecule has 1 rings (SSSR count). The van der Waals surface area contributed by atoms with Gasteiger partial charge >= 0.3 is 0 Å². The number of nitrogens with zero attached hydrogens (tertiary/aromatic N) is 2. The Hall–Kier alpha value is 0.150. The molecule has 1 heterocycles. The van der Waals surface area contributed by atoms with E-state index in [0.29, 0.717) is 17.7 Å². The summed E-state index contributed by atoms with van der Waals surface area (Å²) in [6.07, 6.45) is 0. The molecule has 21 heavy (non-hydrogen) atoms. The molecule has 126 valence electrons. The molecule has 0 spiro atoms. The third-order valence-electron chi connectivity index (χ3n) is 4.61. The van der Waals surface area contributed by atoms with Gasteiger partial charge in [-0.25, -0.2) is 0 Å². The topological polar surface area (TPSA) is 44.7 Å². The second-order valence-electron chi connectivity index (χ2n) is 7.67. The molecule has 0 aromatic rings. The normalized spacial score (nSPS) is 22.1. The van der Waals surface area contributed by atoms with Gasteiger partial charge in [0, 0.05) is 52.4 Å². The first-order chi connectivity index (χ1) is 8.93. The quantitative estimate of drug-likeness (QED) is 0.426. The van der Waals surface area contributed by atoms with Crippen LogP contribution in [-0.2, 0) is 10.8 Å². The number of guanidine groups is 1. The van der Waals surface area contributed by atoms with Gasteiger partial charge < -0.3 is 10.2 Å². The Kier molecular flexibility index (Phi) is 7.20. The third kappa shape index (κ3) is 4.56. The van der Waals surface area contributed by atoms with Crippen molar-refractivity contribution in [2.45, 2.75) is 58.8 Å². The van der Waals surface area contributed by atoms with Crippen LogP contribution < -0.4 is 5.32 Å². The lowest BCUT2D eigenvalue weighted by Crippen LogP contribution is -2.72. The lowest BCUT2D eigenvalue weighted by Gasteiger charge is -2.62. The van der Waals surface area contributed by atoms with Gasteiger partial charge in [0.2, 0.25) is 0 Å². The molecule has 1 atom stereocenters. The molecule has 0 aliphatic carbocycles. The van der Waals surface area contributed by atoms with Crippen LogP contribution in [0.4, 0.5) is 0 Å². The molecule has 0 amide bonds. The van der Waals surface area contributed by atoms with E-state index in [9.17, 15) is 4.21 Å². The Morgan fingerprint density at radius 2 is 1.81 bits per heavy atom. The summed E-state index contributed by atoms with van der Waals surface area (Å²) in [5.41, 5.74) is 0.386. The predicted molar refractivity (Wildman–Crippen MR) is 104 cm³/mol. The van der Waals surface area contributed by atoms with Crippen LogP contribution >= 0.6 is 24.0 Å². The fourth-order valence-corrected chi connectivity index (χ4v) is 3.16. The van der Waals surface area contributed by atoms with Crippen molar-refractivity contribution in [3.05, 3.63) is 0 Å². The molecule has 0 bridgehead atoms. The van der Waals surface area contributed by atoms with Crippen LogP contribution in [0.25, 0.3) is 0 Å². The molecule has 1 N–H and O–H groups in total. The zero-order valence-corrected chi connectivity index (χ0v) is 17.9. The smallest absolute Gasteiger partial charge is 0.194 e. The Morgan fingerprint density at radius 1 is 1.29 bits per heavy atom. The SMILES string of the molecule is CN=C(NCCS(=O)C(C)(C)C)N1CC(C)(C)C1(C)C.I. The first kappa shape index (κ1) is 21.1. The molecule has 1 saturated heterocycles. The summed E-state index contributed by atoms with van der Waals surface area (Å²) in [5.74, 6) is 1.57. The molecule has 0 radical (unpaired) electrons. The summed E-state index contributed by atoms with van der Waals surface area (Å²) >= 11 is 0. The van der Waals surface area contributed by atoms with Crippen LogP contribution in [-0.4, -0.2) is 51.2 Å². The second kappa shape index (κ2) is 7.15. The van der Waals surface area contributed by atoms with Crippen LogP contribution in [0.5, 0.6) is 0 Å². The predicted octanol–water partition coefficient (Wildman–Crippen LogP) is 2.85. The van der Waals surface area contributed by atoms with E-state index in [0.717, 1.165) is 12.5 Å². The van der Waals surface area contributed by atoms with Gasteiger partial charge in [0.15, 0.2) is 5.96 Å². The zero-order chi connectivity index (χ0) is 15.8. The van der Waals surface area contributed by atoms with E-state index in [1.165, 1.54) is 0 Å². The Morgan fingerprint density at radius 3 is 2.14 bits per heavy atom. The maximum absolute atomic E-state index is 12.0.